The molecule has 2 atom stereocenters. The molecule has 2 rings (SSSR count). The molecule has 0 aliphatic rings. The minimum Gasteiger partial charge on any atom is -0.345 e. The van der Waals surface area contributed by atoms with E-state index in [4.69, 9.17) is 11.6 Å². The summed E-state index contributed by atoms with van der Waals surface area (Å²) in [7, 11) is 0. The van der Waals surface area contributed by atoms with Crippen LogP contribution in [0.3, 0.4) is 0 Å². The maximum atomic E-state index is 12.1. The summed E-state index contributed by atoms with van der Waals surface area (Å²) in [6.45, 7) is 4.45. The van der Waals surface area contributed by atoms with Crippen LogP contribution in [0, 0.1) is 0 Å². The second kappa shape index (κ2) is 8.48. The summed E-state index contributed by atoms with van der Waals surface area (Å²) >= 11 is 9.41. The Morgan fingerprint density at radius 3 is 2.48 bits per heavy atom. The Balaban J connectivity index is 1.85. The van der Waals surface area contributed by atoms with Crippen LogP contribution < -0.4 is 10.6 Å². The van der Waals surface area contributed by atoms with Gasteiger partial charge < -0.3 is 10.6 Å². The molecule has 0 heterocycles. The lowest BCUT2D eigenvalue weighted by molar-refractivity contribution is -0.682. The molecule has 122 valence electrons. The van der Waals surface area contributed by atoms with E-state index in [-0.39, 0.29) is 18.0 Å². The van der Waals surface area contributed by atoms with E-state index in [2.05, 4.69) is 28.2 Å². The third-order valence-electron chi connectivity index (χ3n) is 3.80. The fourth-order valence-corrected chi connectivity index (χ4v) is 3.14. The van der Waals surface area contributed by atoms with Crippen molar-refractivity contribution in [3.63, 3.8) is 0 Å². The molecule has 3 N–H and O–H groups in total. The van der Waals surface area contributed by atoms with Crippen molar-refractivity contribution in [3.05, 3.63) is 69.2 Å². The molecule has 0 fully saturated rings. The number of hydrogen-bond donors (Lipinski definition) is 2. The fourth-order valence-electron chi connectivity index (χ4n) is 2.39. The average Bonchev–Trinajstić information content (AvgIpc) is 2.53. The largest absolute Gasteiger partial charge is 0.345 e. The number of carbonyl (C=O) groups is 1. The standard InChI is InChI=1S/C18H20BrClN2O/c1-12(14-7-9-15(20)10-8-14)21-11-18(23)22-13(2)16-5-3-4-6-17(16)19/h3-10,12-13,21H,11H2,1-2H3,(H,22,23)/p+1/t12-,13-/m0/s1. The second-order valence-electron chi connectivity index (χ2n) is 5.59. The molecule has 0 unspecified atom stereocenters. The van der Waals surface area contributed by atoms with Crippen molar-refractivity contribution in [1.29, 1.82) is 0 Å². The zero-order valence-corrected chi connectivity index (χ0v) is 15.6. The molecule has 0 bridgehead atoms. The van der Waals surface area contributed by atoms with Gasteiger partial charge in [-0.05, 0) is 37.6 Å². The molecule has 1 amide bonds. The van der Waals surface area contributed by atoms with Gasteiger partial charge in [0.2, 0.25) is 0 Å². The summed E-state index contributed by atoms with van der Waals surface area (Å²) in [6, 6.07) is 15.8. The molecule has 0 spiro atoms. The predicted octanol–water partition coefficient (Wildman–Crippen LogP) is 3.60. The number of rotatable bonds is 6. The molecular formula is C18H21BrClN2O+. The monoisotopic (exact) mass is 395 g/mol. The molecule has 0 aliphatic heterocycles. The molecule has 0 saturated heterocycles. The lowest BCUT2D eigenvalue weighted by atomic mass is 10.1. The SMILES string of the molecule is C[C@H](NC(=O)C[NH2+][C@@H](C)c1ccc(Cl)cc1)c1ccccc1Br. The van der Waals surface area contributed by atoms with Crippen LogP contribution in [-0.2, 0) is 4.79 Å². The minimum absolute atomic E-state index is 0.0223. The van der Waals surface area contributed by atoms with Crippen molar-refractivity contribution < 1.29 is 10.1 Å². The van der Waals surface area contributed by atoms with E-state index in [9.17, 15) is 4.79 Å². The van der Waals surface area contributed by atoms with Gasteiger partial charge in [-0.1, -0.05) is 57.9 Å². The second-order valence-corrected chi connectivity index (χ2v) is 6.88. The van der Waals surface area contributed by atoms with Crippen molar-refractivity contribution in [3.8, 4) is 0 Å². The van der Waals surface area contributed by atoms with E-state index in [1.807, 2.05) is 60.8 Å². The Bertz CT molecular complexity index is 660. The first-order valence-corrected chi connectivity index (χ1v) is 8.77. The Kier molecular flexibility index (Phi) is 6.63. The van der Waals surface area contributed by atoms with E-state index in [0.29, 0.717) is 6.54 Å². The lowest BCUT2D eigenvalue weighted by Gasteiger charge is -2.16. The van der Waals surface area contributed by atoms with E-state index >= 15 is 0 Å². The van der Waals surface area contributed by atoms with Gasteiger partial charge in [-0.25, -0.2) is 0 Å². The zero-order chi connectivity index (χ0) is 16.8. The summed E-state index contributed by atoms with van der Waals surface area (Å²) in [4.78, 5) is 12.1. The first-order valence-electron chi connectivity index (χ1n) is 7.60. The van der Waals surface area contributed by atoms with Gasteiger partial charge in [-0.3, -0.25) is 4.79 Å². The van der Waals surface area contributed by atoms with Gasteiger partial charge in [0.1, 0.15) is 6.04 Å². The number of carbonyl (C=O) groups excluding carboxylic acids is 1. The quantitative estimate of drug-likeness (QED) is 0.770. The van der Waals surface area contributed by atoms with Crippen molar-refractivity contribution in [1.82, 2.24) is 5.32 Å². The van der Waals surface area contributed by atoms with Crippen LogP contribution in [0.15, 0.2) is 53.0 Å². The summed E-state index contributed by atoms with van der Waals surface area (Å²) in [5, 5.41) is 5.77. The summed E-state index contributed by atoms with van der Waals surface area (Å²) in [6.07, 6.45) is 0. The highest BCUT2D eigenvalue weighted by Crippen LogP contribution is 2.22. The van der Waals surface area contributed by atoms with Crippen LogP contribution in [-0.4, -0.2) is 12.5 Å². The zero-order valence-electron chi connectivity index (χ0n) is 13.2. The van der Waals surface area contributed by atoms with Crippen LogP contribution in [0.5, 0.6) is 0 Å². The van der Waals surface area contributed by atoms with Crippen LogP contribution in [0.2, 0.25) is 5.02 Å². The normalized spacial score (nSPS) is 13.4. The highest BCUT2D eigenvalue weighted by atomic mass is 79.9. The highest BCUT2D eigenvalue weighted by Gasteiger charge is 2.15. The first kappa shape index (κ1) is 18.0. The topological polar surface area (TPSA) is 45.7 Å². The van der Waals surface area contributed by atoms with Crippen molar-refractivity contribution in [2.45, 2.75) is 25.9 Å². The number of amides is 1. The Morgan fingerprint density at radius 2 is 1.83 bits per heavy atom. The van der Waals surface area contributed by atoms with Gasteiger partial charge >= 0.3 is 0 Å². The number of nitrogens with one attached hydrogen (secondary N) is 1. The molecule has 5 heteroatoms. The first-order chi connectivity index (χ1) is 11.0. The van der Waals surface area contributed by atoms with Crippen molar-refractivity contribution in [2.24, 2.45) is 0 Å². The van der Waals surface area contributed by atoms with Crippen LogP contribution >= 0.6 is 27.5 Å². The summed E-state index contributed by atoms with van der Waals surface area (Å²) < 4.78 is 1.01. The Hall–Kier alpha value is -1.36. The molecule has 3 nitrogen and oxygen atoms in total. The van der Waals surface area contributed by atoms with Gasteiger partial charge in [0, 0.05) is 15.1 Å². The van der Waals surface area contributed by atoms with Gasteiger partial charge in [0.25, 0.3) is 5.91 Å². The number of quaternary nitrogens is 1. The Morgan fingerprint density at radius 1 is 1.17 bits per heavy atom. The number of nitrogens with two attached hydrogens (primary N) is 1. The van der Waals surface area contributed by atoms with E-state index < -0.39 is 0 Å². The Labute approximate surface area is 150 Å². The van der Waals surface area contributed by atoms with E-state index in [0.717, 1.165) is 20.6 Å². The maximum Gasteiger partial charge on any atom is 0.275 e. The van der Waals surface area contributed by atoms with Crippen LogP contribution in [0.1, 0.15) is 37.1 Å². The smallest absolute Gasteiger partial charge is 0.275 e. The minimum atomic E-state index is -0.0303. The van der Waals surface area contributed by atoms with E-state index in [1.54, 1.807) is 0 Å². The molecule has 0 radical (unpaired) electrons. The van der Waals surface area contributed by atoms with Crippen molar-refractivity contribution >= 4 is 33.4 Å². The summed E-state index contributed by atoms with van der Waals surface area (Å²) in [5.74, 6) is 0.0223. The molecule has 0 aromatic heterocycles. The molecule has 0 saturated carbocycles. The van der Waals surface area contributed by atoms with Crippen LogP contribution in [0.4, 0.5) is 0 Å². The number of hydrogen-bond acceptors (Lipinski definition) is 1. The van der Waals surface area contributed by atoms with Crippen molar-refractivity contribution in [2.75, 3.05) is 6.54 Å². The number of benzene rings is 2. The number of halogens is 2. The van der Waals surface area contributed by atoms with E-state index in [1.165, 1.54) is 0 Å². The molecule has 0 aliphatic carbocycles. The molecule has 2 aromatic carbocycles. The maximum absolute atomic E-state index is 12.1. The third kappa shape index (κ3) is 5.34. The molecule has 23 heavy (non-hydrogen) atoms. The van der Waals surface area contributed by atoms with Gasteiger partial charge in [0.15, 0.2) is 6.54 Å². The third-order valence-corrected chi connectivity index (χ3v) is 4.78. The molecule has 2 aromatic rings. The van der Waals surface area contributed by atoms with Gasteiger partial charge in [-0.2, -0.15) is 0 Å². The van der Waals surface area contributed by atoms with Gasteiger partial charge in [0.05, 0.1) is 6.04 Å². The van der Waals surface area contributed by atoms with Crippen LogP contribution in [0.25, 0.3) is 0 Å². The average molecular weight is 397 g/mol. The summed E-state index contributed by atoms with van der Waals surface area (Å²) in [5.41, 5.74) is 2.23. The fraction of sp³-hybridized carbons (Fsp3) is 0.278. The van der Waals surface area contributed by atoms with Gasteiger partial charge in [-0.15, -0.1) is 0 Å². The lowest BCUT2D eigenvalue weighted by Crippen LogP contribution is -2.87. The highest BCUT2D eigenvalue weighted by molar-refractivity contribution is 9.10. The molecular weight excluding hydrogens is 376 g/mol. The predicted molar refractivity (Wildman–Crippen MR) is 97.4 cm³/mol.